The molecule has 0 fully saturated rings. The molecule has 0 bridgehead atoms. The van der Waals surface area contributed by atoms with Gasteiger partial charge in [-0.1, -0.05) is 239 Å². The molecule has 4 atom stereocenters. The second-order valence-electron chi connectivity index (χ2n) is 16.1. The highest BCUT2D eigenvalue weighted by Gasteiger charge is 2.28. The summed E-state index contributed by atoms with van der Waals surface area (Å²) in [4.78, 5) is 12.5. The fourth-order valence-electron chi connectivity index (χ4n) is 7.41. The van der Waals surface area contributed by atoms with Crippen molar-refractivity contribution in [2.75, 3.05) is 6.61 Å². The lowest BCUT2D eigenvalue weighted by atomic mass is 9.99. The Labute approximate surface area is 318 Å². The fourth-order valence-corrected chi connectivity index (χ4v) is 7.41. The summed E-state index contributed by atoms with van der Waals surface area (Å²) in [5.74, 6) is -0.579. The van der Waals surface area contributed by atoms with Crippen LogP contribution >= 0.6 is 0 Å². The van der Waals surface area contributed by atoms with Crippen molar-refractivity contribution in [3.05, 3.63) is 0 Å². The summed E-state index contributed by atoms with van der Waals surface area (Å²) in [6.45, 7) is 4.07. The van der Waals surface area contributed by atoms with Gasteiger partial charge in [0, 0.05) is 0 Å². The van der Waals surface area contributed by atoms with Gasteiger partial charge in [0.25, 0.3) is 0 Å². The van der Waals surface area contributed by atoms with Crippen LogP contribution in [0, 0.1) is 0 Å². The maximum absolute atomic E-state index is 12.5. The molecule has 6 heteroatoms. The number of carbonyl (C=O) groups is 1. The van der Waals surface area contributed by atoms with Gasteiger partial charge < -0.3 is 25.7 Å². The van der Waals surface area contributed by atoms with Gasteiger partial charge in [-0.15, -0.1) is 0 Å². The van der Waals surface area contributed by atoms with Crippen molar-refractivity contribution in [1.29, 1.82) is 0 Å². The van der Waals surface area contributed by atoms with Gasteiger partial charge in [0.1, 0.15) is 12.2 Å². The molecule has 0 radical (unpaired) electrons. The van der Waals surface area contributed by atoms with Crippen LogP contribution < -0.4 is 5.32 Å². The molecule has 0 aliphatic carbocycles. The number of carbonyl (C=O) groups excluding carboxylic acids is 1. The third-order valence-corrected chi connectivity index (χ3v) is 11.1. The van der Waals surface area contributed by atoms with Gasteiger partial charge in [0.15, 0.2) is 0 Å². The van der Waals surface area contributed by atoms with Crippen LogP contribution in [0.4, 0.5) is 0 Å². The molecule has 5 N–H and O–H groups in total. The normalized spacial score (nSPS) is 14.1. The fraction of sp³-hybridized carbons (Fsp3) is 0.978. The predicted octanol–water partition coefficient (Wildman–Crippen LogP) is 12.0. The van der Waals surface area contributed by atoms with E-state index in [4.69, 9.17) is 0 Å². The first-order valence-corrected chi connectivity index (χ1v) is 22.9. The minimum absolute atomic E-state index is 0.376. The van der Waals surface area contributed by atoms with Gasteiger partial charge >= 0.3 is 0 Å². The number of hydrogen-bond donors (Lipinski definition) is 5. The SMILES string of the molecule is CCCCCCCCCCCCCCCCCCCCCCC(O)C(=O)NC(CO)C(O)C(O)CCCCCCCCCCCCCCCCC. The number of aliphatic hydroxyl groups is 4. The molecule has 0 rings (SSSR count). The Morgan fingerprint density at radius 1 is 0.412 bits per heavy atom. The zero-order chi connectivity index (χ0) is 37.5. The van der Waals surface area contributed by atoms with E-state index in [2.05, 4.69) is 19.2 Å². The molecular formula is C45H91NO5. The highest BCUT2D eigenvalue weighted by atomic mass is 16.3. The zero-order valence-electron chi connectivity index (χ0n) is 34.4. The molecule has 306 valence electrons. The lowest BCUT2D eigenvalue weighted by Gasteiger charge is -2.27. The minimum Gasteiger partial charge on any atom is -0.394 e. The van der Waals surface area contributed by atoms with Crippen molar-refractivity contribution in [3.8, 4) is 0 Å². The molecule has 0 aromatic rings. The van der Waals surface area contributed by atoms with E-state index in [0.29, 0.717) is 12.8 Å². The third kappa shape index (κ3) is 34.8. The molecule has 0 aromatic carbocycles. The average molecular weight is 726 g/mol. The molecule has 0 spiro atoms. The second kappa shape index (κ2) is 40.5. The van der Waals surface area contributed by atoms with Crippen LogP contribution in [0.25, 0.3) is 0 Å². The smallest absolute Gasteiger partial charge is 0.249 e. The van der Waals surface area contributed by atoms with Crippen molar-refractivity contribution in [1.82, 2.24) is 5.32 Å². The Morgan fingerprint density at radius 2 is 0.667 bits per heavy atom. The summed E-state index contributed by atoms with van der Waals surface area (Å²) in [5.41, 5.74) is 0. The van der Waals surface area contributed by atoms with Crippen LogP contribution in [0.2, 0.25) is 0 Å². The number of hydrogen-bond acceptors (Lipinski definition) is 5. The molecule has 6 nitrogen and oxygen atoms in total. The predicted molar refractivity (Wildman–Crippen MR) is 219 cm³/mol. The van der Waals surface area contributed by atoms with E-state index < -0.39 is 36.9 Å². The van der Waals surface area contributed by atoms with E-state index in [1.165, 1.54) is 186 Å². The van der Waals surface area contributed by atoms with Crippen molar-refractivity contribution in [2.45, 2.75) is 276 Å². The first-order valence-electron chi connectivity index (χ1n) is 22.9. The standard InChI is InChI=1S/C45H91NO5/c1-3-5-7-9-11-13-15-17-19-20-21-22-23-25-27-29-31-33-35-37-39-43(49)45(51)46-41(40-47)44(50)42(48)38-36-34-32-30-28-26-24-18-16-14-12-10-8-6-4-2/h41-44,47-50H,3-40H2,1-2H3,(H,46,51). The number of aliphatic hydroxyl groups excluding tert-OH is 4. The summed E-state index contributed by atoms with van der Waals surface area (Å²) < 4.78 is 0. The van der Waals surface area contributed by atoms with Gasteiger partial charge in [-0.2, -0.15) is 0 Å². The summed E-state index contributed by atoms with van der Waals surface area (Å²) in [7, 11) is 0. The van der Waals surface area contributed by atoms with E-state index >= 15 is 0 Å². The third-order valence-electron chi connectivity index (χ3n) is 11.1. The highest BCUT2D eigenvalue weighted by Crippen LogP contribution is 2.17. The van der Waals surface area contributed by atoms with Crippen LogP contribution in [-0.2, 0) is 4.79 Å². The first kappa shape index (κ1) is 50.3. The Bertz CT molecular complexity index is 692. The monoisotopic (exact) mass is 726 g/mol. The molecule has 0 aliphatic rings. The van der Waals surface area contributed by atoms with Crippen LogP contribution in [0.15, 0.2) is 0 Å². The van der Waals surface area contributed by atoms with Crippen LogP contribution in [0.1, 0.15) is 251 Å². The maximum Gasteiger partial charge on any atom is 0.249 e. The van der Waals surface area contributed by atoms with E-state index in [-0.39, 0.29) is 0 Å². The minimum atomic E-state index is -1.25. The topological polar surface area (TPSA) is 110 Å². The van der Waals surface area contributed by atoms with Gasteiger partial charge in [-0.25, -0.2) is 0 Å². The van der Waals surface area contributed by atoms with Crippen LogP contribution in [0.3, 0.4) is 0 Å². The Balaban J connectivity index is 3.67. The number of unbranched alkanes of at least 4 members (excludes halogenated alkanes) is 33. The van der Waals surface area contributed by atoms with Crippen LogP contribution in [0.5, 0.6) is 0 Å². The molecule has 51 heavy (non-hydrogen) atoms. The number of amides is 1. The first-order chi connectivity index (χ1) is 25.0. The van der Waals surface area contributed by atoms with E-state index in [9.17, 15) is 25.2 Å². The van der Waals surface area contributed by atoms with Gasteiger partial charge in [0.2, 0.25) is 5.91 Å². The largest absolute Gasteiger partial charge is 0.394 e. The summed E-state index contributed by atoms with van der Waals surface area (Å²) in [5, 5.41) is 43.7. The molecule has 0 heterocycles. The Hall–Kier alpha value is -0.690. The molecule has 0 aliphatic heterocycles. The number of nitrogens with one attached hydrogen (secondary N) is 1. The Morgan fingerprint density at radius 3 is 0.941 bits per heavy atom. The summed E-state index contributed by atoms with van der Waals surface area (Å²) >= 11 is 0. The molecule has 0 saturated carbocycles. The zero-order valence-corrected chi connectivity index (χ0v) is 34.4. The van der Waals surface area contributed by atoms with E-state index in [0.717, 1.165) is 38.5 Å². The summed E-state index contributed by atoms with van der Waals surface area (Å²) in [6, 6.07) is -0.978. The van der Waals surface area contributed by atoms with Gasteiger partial charge in [-0.3, -0.25) is 4.79 Å². The van der Waals surface area contributed by atoms with Gasteiger partial charge in [-0.05, 0) is 12.8 Å². The Kier molecular flexibility index (Phi) is 39.9. The molecule has 4 unspecified atom stereocenters. The quantitative estimate of drug-likeness (QED) is 0.0402. The molecule has 0 saturated heterocycles. The van der Waals surface area contributed by atoms with Crippen molar-refractivity contribution >= 4 is 5.91 Å². The van der Waals surface area contributed by atoms with E-state index in [1.807, 2.05) is 0 Å². The molecular weight excluding hydrogens is 634 g/mol. The number of rotatable bonds is 42. The van der Waals surface area contributed by atoms with Gasteiger partial charge in [0.05, 0.1) is 18.8 Å². The second-order valence-corrected chi connectivity index (χ2v) is 16.1. The maximum atomic E-state index is 12.5. The van der Waals surface area contributed by atoms with Crippen molar-refractivity contribution < 1.29 is 25.2 Å². The molecule has 0 aromatic heterocycles. The van der Waals surface area contributed by atoms with Crippen molar-refractivity contribution in [2.24, 2.45) is 0 Å². The summed E-state index contributed by atoms with van der Waals surface area (Å²) in [6.07, 6.45) is 42.7. The van der Waals surface area contributed by atoms with E-state index in [1.54, 1.807) is 0 Å². The molecule has 1 amide bonds. The highest BCUT2D eigenvalue weighted by molar-refractivity contribution is 5.80. The van der Waals surface area contributed by atoms with Crippen LogP contribution in [-0.4, -0.2) is 57.3 Å². The lowest BCUT2D eigenvalue weighted by molar-refractivity contribution is -0.132. The average Bonchev–Trinajstić information content (AvgIpc) is 3.13. The lowest BCUT2D eigenvalue weighted by Crippen LogP contribution is -2.53. The van der Waals surface area contributed by atoms with Crippen molar-refractivity contribution in [3.63, 3.8) is 0 Å².